The van der Waals surface area contributed by atoms with Crippen molar-refractivity contribution in [1.82, 2.24) is 24.6 Å². The van der Waals surface area contributed by atoms with Crippen molar-refractivity contribution in [2.45, 2.75) is 57.0 Å². The van der Waals surface area contributed by atoms with Crippen molar-refractivity contribution >= 4 is 16.9 Å². The van der Waals surface area contributed by atoms with E-state index in [2.05, 4.69) is 45.5 Å². The first-order valence-corrected chi connectivity index (χ1v) is 11.3. The Morgan fingerprint density at radius 1 is 1.12 bits per heavy atom. The molecule has 5 heterocycles. The lowest BCUT2D eigenvalue weighted by atomic mass is 9.97. The second kappa shape index (κ2) is 8.26. The van der Waals surface area contributed by atoms with Gasteiger partial charge in [0.1, 0.15) is 5.65 Å². The fourth-order valence-electron chi connectivity index (χ4n) is 4.97. The Bertz CT molecular complexity index is 1250. The first kappa shape index (κ1) is 20.5. The van der Waals surface area contributed by atoms with Crippen LogP contribution >= 0.6 is 0 Å². The molecule has 1 fully saturated rings. The molecule has 3 aromatic heterocycles. The van der Waals surface area contributed by atoms with Crippen molar-refractivity contribution in [1.29, 1.82) is 0 Å². The summed E-state index contributed by atoms with van der Waals surface area (Å²) in [6.07, 6.45) is 15.9. The number of aromatic hydroxyl groups is 1. The van der Waals surface area contributed by atoms with Crippen LogP contribution in [0.25, 0.3) is 11.0 Å². The molecule has 0 unspecified atom stereocenters. The van der Waals surface area contributed by atoms with Gasteiger partial charge in [-0.05, 0) is 49.8 Å². The summed E-state index contributed by atoms with van der Waals surface area (Å²) in [7, 11) is 0. The molecule has 3 aromatic rings. The van der Waals surface area contributed by atoms with Gasteiger partial charge in [0.15, 0.2) is 11.4 Å². The van der Waals surface area contributed by atoms with E-state index in [0.29, 0.717) is 13.1 Å². The minimum atomic E-state index is -0.742. The van der Waals surface area contributed by atoms with Crippen molar-refractivity contribution in [2.75, 3.05) is 6.54 Å². The largest absolute Gasteiger partial charge is 0.503 e. The highest BCUT2D eigenvalue weighted by atomic mass is 16.3. The molecule has 2 aliphatic heterocycles. The molecule has 0 saturated heterocycles. The van der Waals surface area contributed by atoms with E-state index >= 15 is 0 Å². The summed E-state index contributed by atoms with van der Waals surface area (Å²) < 4.78 is 3.76. The molecule has 1 amide bonds. The number of carbonyl (C=O) groups is 1. The highest BCUT2D eigenvalue weighted by Crippen LogP contribution is 2.40. The van der Waals surface area contributed by atoms with Gasteiger partial charge in [-0.2, -0.15) is 5.10 Å². The zero-order chi connectivity index (χ0) is 22.1. The van der Waals surface area contributed by atoms with Crippen LogP contribution in [0.2, 0.25) is 0 Å². The number of nitrogens with one attached hydrogen (secondary N) is 1. The van der Waals surface area contributed by atoms with Gasteiger partial charge in [-0.1, -0.05) is 25.0 Å². The van der Waals surface area contributed by atoms with Gasteiger partial charge in [0, 0.05) is 24.3 Å². The monoisotopic (exact) mass is 433 g/mol. The molecule has 6 rings (SSSR count). The number of carbonyl (C=O) groups excluding carboxylic acids is 1. The van der Waals surface area contributed by atoms with Gasteiger partial charge >= 0.3 is 0 Å². The summed E-state index contributed by atoms with van der Waals surface area (Å²) in [5.74, 6) is -1.01. The van der Waals surface area contributed by atoms with Gasteiger partial charge in [0.05, 0.1) is 18.3 Å². The number of fused-ring (bicyclic) bond motifs is 7. The van der Waals surface area contributed by atoms with E-state index in [-0.39, 0.29) is 11.2 Å². The highest BCUT2D eigenvalue weighted by molar-refractivity contribution is 5.92. The minimum absolute atomic E-state index is 0.269. The summed E-state index contributed by atoms with van der Waals surface area (Å²) in [5, 5.41) is 18.4. The van der Waals surface area contributed by atoms with Crippen LogP contribution in [0.3, 0.4) is 0 Å². The third-order valence-electron chi connectivity index (χ3n) is 6.60. The Balaban J connectivity index is 1.63. The SMILES string of the molecule is O=C1NCCC/C=C/Cc2cnc3c(ccn3C3(CCCC3)Cn3cc(O)c(=O)c1n3)c2. The number of allylic oxidation sites excluding steroid dienone is 2. The van der Waals surface area contributed by atoms with Gasteiger partial charge in [0.2, 0.25) is 0 Å². The van der Waals surface area contributed by atoms with Crippen LogP contribution in [-0.4, -0.2) is 36.9 Å². The van der Waals surface area contributed by atoms with Crippen LogP contribution < -0.4 is 10.7 Å². The lowest BCUT2D eigenvalue weighted by Crippen LogP contribution is -2.38. The van der Waals surface area contributed by atoms with Gasteiger partial charge in [0.25, 0.3) is 11.3 Å². The molecule has 3 aliphatic rings. The van der Waals surface area contributed by atoms with Crippen molar-refractivity contribution in [3.63, 3.8) is 0 Å². The third kappa shape index (κ3) is 3.70. The zero-order valence-corrected chi connectivity index (χ0v) is 18.0. The zero-order valence-electron chi connectivity index (χ0n) is 18.0. The molecule has 32 heavy (non-hydrogen) atoms. The van der Waals surface area contributed by atoms with E-state index in [1.54, 1.807) is 4.68 Å². The molecule has 1 spiro atoms. The molecule has 166 valence electrons. The van der Waals surface area contributed by atoms with Crippen LogP contribution in [0, 0.1) is 0 Å². The molecular weight excluding hydrogens is 406 g/mol. The number of nitrogens with zero attached hydrogens (tertiary/aromatic N) is 4. The lowest BCUT2D eigenvalue weighted by molar-refractivity contribution is 0.0942. The summed E-state index contributed by atoms with van der Waals surface area (Å²) in [6, 6.07) is 4.29. The molecule has 1 aliphatic carbocycles. The first-order chi connectivity index (χ1) is 15.6. The second-order valence-corrected chi connectivity index (χ2v) is 8.84. The molecule has 0 aromatic carbocycles. The number of hydrogen-bond acceptors (Lipinski definition) is 5. The topological polar surface area (TPSA) is 102 Å². The van der Waals surface area contributed by atoms with E-state index in [1.165, 1.54) is 6.20 Å². The van der Waals surface area contributed by atoms with Crippen molar-refractivity contribution in [2.24, 2.45) is 0 Å². The Labute approximate surface area is 185 Å². The number of amides is 1. The van der Waals surface area contributed by atoms with Crippen LogP contribution in [0.1, 0.15) is 54.6 Å². The van der Waals surface area contributed by atoms with Crippen molar-refractivity contribution in [3.05, 3.63) is 64.4 Å². The smallest absolute Gasteiger partial charge is 0.275 e. The Hall–Kier alpha value is -3.42. The predicted molar refractivity (Wildman–Crippen MR) is 121 cm³/mol. The van der Waals surface area contributed by atoms with Gasteiger partial charge in [-0.15, -0.1) is 0 Å². The average Bonchev–Trinajstić information content (AvgIpc) is 3.42. The van der Waals surface area contributed by atoms with E-state index in [1.807, 2.05) is 6.20 Å². The lowest BCUT2D eigenvalue weighted by Gasteiger charge is -2.32. The van der Waals surface area contributed by atoms with Crippen LogP contribution in [0.15, 0.2) is 47.7 Å². The predicted octanol–water partition coefficient (Wildman–Crippen LogP) is 2.89. The van der Waals surface area contributed by atoms with Gasteiger partial charge < -0.3 is 15.0 Å². The fourth-order valence-corrected chi connectivity index (χ4v) is 4.97. The van der Waals surface area contributed by atoms with E-state index in [0.717, 1.165) is 61.5 Å². The molecule has 8 nitrogen and oxygen atoms in total. The van der Waals surface area contributed by atoms with Crippen LogP contribution in [-0.2, 0) is 18.5 Å². The third-order valence-corrected chi connectivity index (χ3v) is 6.60. The molecule has 0 atom stereocenters. The molecule has 0 radical (unpaired) electrons. The van der Waals surface area contributed by atoms with Gasteiger partial charge in [-0.3, -0.25) is 14.3 Å². The second-order valence-electron chi connectivity index (χ2n) is 8.84. The minimum Gasteiger partial charge on any atom is -0.503 e. The number of rotatable bonds is 0. The maximum Gasteiger partial charge on any atom is 0.275 e. The van der Waals surface area contributed by atoms with Crippen LogP contribution in [0.4, 0.5) is 0 Å². The van der Waals surface area contributed by atoms with Crippen molar-refractivity contribution < 1.29 is 9.90 Å². The first-order valence-electron chi connectivity index (χ1n) is 11.3. The highest BCUT2D eigenvalue weighted by Gasteiger charge is 2.37. The summed E-state index contributed by atoms with van der Waals surface area (Å²) >= 11 is 0. The maximum absolute atomic E-state index is 12.6. The Morgan fingerprint density at radius 2 is 1.97 bits per heavy atom. The number of pyridine rings is 1. The summed E-state index contributed by atoms with van der Waals surface area (Å²) in [4.78, 5) is 29.8. The molecule has 2 N–H and O–H groups in total. The number of hydrogen-bond donors (Lipinski definition) is 2. The fraction of sp³-hybridized carbons (Fsp3) is 0.417. The van der Waals surface area contributed by atoms with Crippen molar-refractivity contribution in [3.8, 4) is 5.75 Å². The standard InChI is InChI=1S/C24H27N5O3/c30-19-15-28-16-24(9-4-5-10-24)29-12-8-18-13-17(14-26-22(18)29)7-3-1-2-6-11-25-23(32)20(27-28)21(19)31/h1,3,8,12-15,30H,2,4-7,9-11,16H2,(H,25,32)/b3-1+. The normalized spacial score (nSPS) is 19.8. The Kier molecular flexibility index (Phi) is 5.28. The summed E-state index contributed by atoms with van der Waals surface area (Å²) in [5.41, 5.74) is 0.787. The molecular formula is C24H27N5O3. The molecule has 6 bridgehead atoms. The average molecular weight is 434 g/mol. The number of aromatic nitrogens is 4. The Morgan fingerprint density at radius 3 is 2.81 bits per heavy atom. The molecule has 1 saturated carbocycles. The van der Waals surface area contributed by atoms with E-state index in [4.69, 9.17) is 4.98 Å². The van der Waals surface area contributed by atoms with Crippen LogP contribution in [0.5, 0.6) is 5.75 Å². The summed E-state index contributed by atoms with van der Waals surface area (Å²) in [6.45, 7) is 0.874. The van der Waals surface area contributed by atoms with E-state index in [9.17, 15) is 14.7 Å². The van der Waals surface area contributed by atoms with E-state index < -0.39 is 17.1 Å². The quantitative estimate of drug-likeness (QED) is 0.531. The maximum atomic E-state index is 12.6. The molecule has 8 heteroatoms. The van der Waals surface area contributed by atoms with Gasteiger partial charge in [-0.25, -0.2) is 4.98 Å².